The van der Waals surface area contributed by atoms with Crippen LogP contribution in [0.1, 0.15) is 20.3 Å². The first-order chi connectivity index (χ1) is 9.43. The van der Waals surface area contributed by atoms with E-state index in [9.17, 15) is 14.7 Å². The predicted octanol–water partition coefficient (Wildman–Crippen LogP) is -0.348. The molecule has 7 heteroatoms. The van der Waals surface area contributed by atoms with Crippen molar-refractivity contribution >= 4 is 12.0 Å². The van der Waals surface area contributed by atoms with E-state index in [4.69, 9.17) is 5.11 Å². The number of carboxylic acid groups (broad SMARTS) is 1. The van der Waals surface area contributed by atoms with Crippen LogP contribution in [0.2, 0.25) is 0 Å². The molecule has 7 nitrogen and oxygen atoms in total. The second kappa shape index (κ2) is 5.97. The highest BCUT2D eigenvalue weighted by molar-refractivity contribution is 5.83. The summed E-state index contributed by atoms with van der Waals surface area (Å²) >= 11 is 0. The summed E-state index contributed by atoms with van der Waals surface area (Å²) in [7, 11) is 0. The molecule has 2 N–H and O–H groups in total. The fourth-order valence-electron chi connectivity index (χ4n) is 3.08. The zero-order chi connectivity index (χ0) is 14.9. The van der Waals surface area contributed by atoms with Gasteiger partial charge in [0, 0.05) is 38.6 Å². The highest BCUT2D eigenvalue weighted by Gasteiger charge is 2.41. The molecular formula is C13H23N3O4. The van der Waals surface area contributed by atoms with Crippen molar-refractivity contribution in [2.45, 2.75) is 38.5 Å². The molecule has 1 unspecified atom stereocenters. The maximum Gasteiger partial charge on any atom is 0.326 e. The van der Waals surface area contributed by atoms with Gasteiger partial charge in [-0.25, -0.2) is 9.59 Å². The fourth-order valence-corrected chi connectivity index (χ4v) is 3.08. The molecule has 2 fully saturated rings. The molecule has 2 rings (SSSR count). The van der Waals surface area contributed by atoms with Crippen LogP contribution in [-0.2, 0) is 4.79 Å². The van der Waals surface area contributed by atoms with E-state index in [1.807, 2.05) is 0 Å². The number of carboxylic acids is 1. The average molecular weight is 285 g/mol. The van der Waals surface area contributed by atoms with Gasteiger partial charge < -0.3 is 20.0 Å². The molecule has 114 valence electrons. The zero-order valence-electron chi connectivity index (χ0n) is 12.0. The number of amides is 2. The van der Waals surface area contributed by atoms with E-state index >= 15 is 0 Å². The first-order valence-electron chi connectivity index (χ1n) is 7.14. The van der Waals surface area contributed by atoms with Gasteiger partial charge in [-0.2, -0.15) is 0 Å². The van der Waals surface area contributed by atoms with E-state index in [0.717, 1.165) is 13.1 Å². The number of hydrogen-bond donors (Lipinski definition) is 2. The lowest BCUT2D eigenvalue weighted by Crippen LogP contribution is -2.57. The molecule has 0 aromatic carbocycles. The lowest BCUT2D eigenvalue weighted by Gasteiger charge is -2.41. The van der Waals surface area contributed by atoms with Crippen LogP contribution in [-0.4, -0.2) is 87.8 Å². The minimum atomic E-state index is -1.05. The molecule has 2 aliphatic heterocycles. The molecule has 0 spiro atoms. The number of nitrogens with zero attached hydrogens (tertiary/aromatic N) is 3. The van der Waals surface area contributed by atoms with Crippen molar-refractivity contribution in [2.75, 3.05) is 32.7 Å². The monoisotopic (exact) mass is 285 g/mol. The highest BCUT2D eigenvalue weighted by atomic mass is 16.4. The molecular weight excluding hydrogens is 262 g/mol. The maximum absolute atomic E-state index is 12.5. The molecule has 20 heavy (non-hydrogen) atoms. The number of likely N-dealkylation sites (N-methyl/N-ethyl adjacent to an activating group) is 1. The van der Waals surface area contributed by atoms with Crippen LogP contribution in [0, 0.1) is 0 Å². The van der Waals surface area contributed by atoms with E-state index in [-0.39, 0.29) is 25.0 Å². The first kappa shape index (κ1) is 15.1. The molecule has 0 bridgehead atoms. The summed E-state index contributed by atoms with van der Waals surface area (Å²) in [6.45, 7) is 7.22. The number of aliphatic carboxylic acids is 1. The third-order valence-corrected chi connectivity index (χ3v) is 4.25. The standard InChI is InChI=1S/C13H23N3O4/c1-3-14-4-5-15(7-9(14)2)13(20)16-8-10(17)6-11(16)12(18)19/h9-11,17H,3-8H2,1-2H3,(H,18,19)/t9?,10-,11-/m0/s1. The Bertz CT molecular complexity index is 390. The quantitative estimate of drug-likeness (QED) is 0.724. The summed E-state index contributed by atoms with van der Waals surface area (Å²) in [6.07, 6.45) is -0.625. The van der Waals surface area contributed by atoms with E-state index in [0.29, 0.717) is 13.1 Å². The number of hydrogen-bond acceptors (Lipinski definition) is 4. The Hall–Kier alpha value is -1.34. The SMILES string of the molecule is CCN1CCN(C(=O)N2C[C@@H](O)C[C@H]2C(=O)O)CC1C. The van der Waals surface area contributed by atoms with E-state index in [1.54, 1.807) is 4.90 Å². The number of aliphatic hydroxyl groups excluding tert-OH is 1. The topological polar surface area (TPSA) is 84.3 Å². The molecule has 0 aromatic heterocycles. The minimum absolute atomic E-state index is 0.109. The summed E-state index contributed by atoms with van der Waals surface area (Å²) in [6, 6.07) is -0.901. The third kappa shape index (κ3) is 2.88. The van der Waals surface area contributed by atoms with Crippen molar-refractivity contribution in [3.05, 3.63) is 0 Å². The van der Waals surface area contributed by atoms with Crippen molar-refractivity contribution in [3.63, 3.8) is 0 Å². The molecule has 0 aromatic rings. The molecule has 0 aliphatic carbocycles. The fraction of sp³-hybridized carbons (Fsp3) is 0.846. The lowest BCUT2D eigenvalue weighted by atomic mass is 10.2. The van der Waals surface area contributed by atoms with Crippen molar-refractivity contribution in [1.29, 1.82) is 0 Å². The number of rotatable bonds is 2. The Morgan fingerprint density at radius 1 is 1.25 bits per heavy atom. The van der Waals surface area contributed by atoms with E-state index in [2.05, 4.69) is 18.7 Å². The van der Waals surface area contributed by atoms with Gasteiger partial charge in [-0.1, -0.05) is 6.92 Å². The van der Waals surface area contributed by atoms with Crippen LogP contribution >= 0.6 is 0 Å². The number of β-amino-alcohol motifs (C(OH)–C–C–N with tert-alkyl or cyclic N) is 1. The first-order valence-corrected chi connectivity index (χ1v) is 7.14. The van der Waals surface area contributed by atoms with Gasteiger partial charge in [0.2, 0.25) is 0 Å². The lowest BCUT2D eigenvalue weighted by molar-refractivity contribution is -0.141. The number of urea groups is 1. The molecule has 0 saturated carbocycles. The molecule has 2 amide bonds. The summed E-state index contributed by atoms with van der Waals surface area (Å²) in [4.78, 5) is 28.9. The second-order valence-electron chi connectivity index (χ2n) is 5.60. The van der Waals surface area contributed by atoms with Crippen LogP contribution in [0.3, 0.4) is 0 Å². The number of piperazine rings is 1. The second-order valence-corrected chi connectivity index (χ2v) is 5.60. The number of aliphatic hydroxyl groups is 1. The highest BCUT2D eigenvalue weighted by Crippen LogP contribution is 2.21. The Kier molecular flexibility index (Phi) is 4.49. The Morgan fingerprint density at radius 3 is 2.50 bits per heavy atom. The molecule has 2 saturated heterocycles. The van der Waals surface area contributed by atoms with Gasteiger partial charge in [-0.15, -0.1) is 0 Å². The third-order valence-electron chi connectivity index (χ3n) is 4.25. The summed E-state index contributed by atoms with van der Waals surface area (Å²) in [5.41, 5.74) is 0. The average Bonchev–Trinajstić information content (AvgIpc) is 2.80. The van der Waals surface area contributed by atoms with Crippen molar-refractivity contribution in [1.82, 2.24) is 14.7 Å². The van der Waals surface area contributed by atoms with Gasteiger partial charge in [0.1, 0.15) is 6.04 Å². The van der Waals surface area contributed by atoms with Crippen molar-refractivity contribution < 1.29 is 19.8 Å². The Balaban J connectivity index is 2.02. The van der Waals surface area contributed by atoms with Crippen LogP contribution in [0.4, 0.5) is 4.79 Å². The molecule has 2 aliphatic rings. The summed E-state index contributed by atoms with van der Waals surface area (Å²) < 4.78 is 0. The number of likely N-dealkylation sites (tertiary alicyclic amines) is 1. The van der Waals surface area contributed by atoms with Crippen LogP contribution in [0.5, 0.6) is 0 Å². The molecule has 0 radical (unpaired) electrons. The van der Waals surface area contributed by atoms with Gasteiger partial charge >= 0.3 is 12.0 Å². The summed E-state index contributed by atoms with van der Waals surface area (Å²) in [5.74, 6) is -1.05. The van der Waals surface area contributed by atoms with Crippen molar-refractivity contribution in [2.24, 2.45) is 0 Å². The normalized spacial score (nSPS) is 31.6. The number of carbonyl (C=O) groups excluding carboxylic acids is 1. The molecule has 2 heterocycles. The van der Waals surface area contributed by atoms with Crippen LogP contribution in [0.25, 0.3) is 0 Å². The van der Waals surface area contributed by atoms with Gasteiger partial charge in [0.05, 0.1) is 6.10 Å². The summed E-state index contributed by atoms with van der Waals surface area (Å²) in [5, 5.41) is 18.8. The maximum atomic E-state index is 12.5. The Morgan fingerprint density at radius 2 is 1.95 bits per heavy atom. The smallest absolute Gasteiger partial charge is 0.326 e. The predicted molar refractivity (Wildman–Crippen MR) is 72.4 cm³/mol. The van der Waals surface area contributed by atoms with Gasteiger partial charge in [0.25, 0.3) is 0 Å². The Labute approximate surface area is 118 Å². The van der Waals surface area contributed by atoms with Crippen LogP contribution < -0.4 is 0 Å². The van der Waals surface area contributed by atoms with Crippen molar-refractivity contribution in [3.8, 4) is 0 Å². The zero-order valence-corrected chi connectivity index (χ0v) is 12.0. The molecule has 3 atom stereocenters. The van der Waals surface area contributed by atoms with Gasteiger partial charge in [-0.3, -0.25) is 4.90 Å². The van der Waals surface area contributed by atoms with E-state index < -0.39 is 18.1 Å². The van der Waals surface area contributed by atoms with Gasteiger partial charge in [-0.05, 0) is 13.5 Å². The number of carbonyl (C=O) groups is 2. The largest absolute Gasteiger partial charge is 0.480 e. The van der Waals surface area contributed by atoms with Gasteiger partial charge in [0.15, 0.2) is 0 Å². The minimum Gasteiger partial charge on any atom is -0.480 e. The van der Waals surface area contributed by atoms with E-state index in [1.165, 1.54) is 4.90 Å². The van der Waals surface area contributed by atoms with Crippen LogP contribution in [0.15, 0.2) is 0 Å².